The fourth-order valence-electron chi connectivity index (χ4n) is 1.72. The molecule has 0 heterocycles. The predicted molar refractivity (Wildman–Crippen MR) is 89.2 cm³/mol. The molecule has 0 radical (unpaired) electrons. The Labute approximate surface area is 122 Å². The Morgan fingerprint density at radius 1 is 1.20 bits per heavy atom. The number of nitrogens with one attached hydrogen (secondary N) is 1. The first-order chi connectivity index (χ1) is 9.77. The van der Waals surface area contributed by atoms with Crippen molar-refractivity contribution in [1.29, 1.82) is 0 Å². The van der Waals surface area contributed by atoms with Crippen molar-refractivity contribution in [3.63, 3.8) is 0 Å². The van der Waals surface area contributed by atoms with Gasteiger partial charge in [0.15, 0.2) is 0 Å². The number of rotatable bonds is 7. The van der Waals surface area contributed by atoms with Gasteiger partial charge in [0.2, 0.25) is 0 Å². The van der Waals surface area contributed by atoms with Crippen LogP contribution in [-0.2, 0) is 0 Å². The van der Waals surface area contributed by atoms with Crippen molar-refractivity contribution in [2.24, 2.45) is 0 Å². The third kappa shape index (κ3) is 6.10. The van der Waals surface area contributed by atoms with Crippen LogP contribution in [0.1, 0.15) is 12.5 Å². The van der Waals surface area contributed by atoms with E-state index in [0.29, 0.717) is 0 Å². The van der Waals surface area contributed by atoms with Gasteiger partial charge in [-0.05, 0) is 42.6 Å². The summed E-state index contributed by atoms with van der Waals surface area (Å²) >= 11 is 0. The lowest BCUT2D eigenvalue weighted by Crippen LogP contribution is -2.09. The first kappa shape index (κ1) is 15.8. The van der Waals surface area contributed by atoms with Gasteiger partial charge in [-0.1, -0.05) is 48.6 Å². The molecule has 106 valence electrons. The summed E-state index contributed by atoms with van der Waals surface area (Å²) in [5, 5.41) is 2.95. The molecule has 0 aliphatic heterocycles. The van der Waals surface area contributed by atoms with Crippen LogP contribution in [0.2, 0.25) is 0 Å². The van der Waals surface area contributed by atoms with Gasteiger partial charge >= 0.3 is 0 Å². The normalized spacial score (nSPS) is 12.7. The van der Waals surface area contributed by atoms with Crippen molar-refractivity contribution >= 4 is 5.57 Å². The van der Waals surface area contributed by atoms with Crippen LogP contribution in [0.15, 0.2) is 73.1 Å². The highest BCUT2D eigenvalue weighted by Crippen LogP contribution is 2.15. The predicted octanol–water partition coefficient (Wildman–Crippen LogP) is 3.82. The minimum absolute atomic E-state index is 0.885. The smallest absolute Gasteiger partial charge is 0.0353 e. The van der Waals surface area contributed by atoms with Crippen LogP contribution in [-0.4, -0.2) is 25.5 Å². The summed E-state index contributed by atoms with van der Waals surface area (Å²) in [6.07, 6.45) is 14.4. The highest BCUT2D eigenvalue weighted by atomic mass is 15.1. The van der Waals surface area contributed by atoms with Crippen LogP contribution < -0.4 is 5.32 Å². The van der Waals surface area contributed by atoms with Crippen molar-refractivity contribution in [1.82, 2.24) is 10.2 Å². The summed E-state index contributed by atoms with van der Waals surface area (Å²) < 4.78 is 0. The number of nitrogens with zero attached hydrogens (tertiary/aromatic N) is 1. The maximum atomic E-state index is 2.95. The molecule has 0 bridgehead atoms. The van der Waals surface area contributed by atoms with Crippen LogP contribution in [0.5, 0.6) is 0 Å². The molecular formula is C18H24N2. The minimum atomic E-state index is 0.885. The average molecular weight is 268 g/mol. The van der Waals surface area contributed by atoms with Gasteiger partial charge in [0.05, 0.1) is 0 Å². The van der Waals surface area contributed by atoms with E-state index in [1.54, 1.807) is 0 Å². The van der Waals surface area contributed by atoms with E-state index in [1.165, 1.54) is 11.1 Å². The van der Waals surface area contributed by atoms with Gasteiger partial charge in [-0.2, -0.15) is 0 Å². The highest BCUT2D eigenvalue weighted by Gasteiger charge is 1.95. The second-order valence-electron chi connectivity index (χ2n) is 4.44. The highest BCUT2D eigenvalue weighted by molar-refractivity contribution is 5.73. The molecule has 0 saturated carbocycles. The van der Waals surface area contributed by atoms with E-state index in [-0.39, 0.29) is 0 Å². The average Bonchev–Trinajstić information content (AvgIpc) is 2.49. The minimum Gasteiger partial charge on any atom is -0.394 e. The van der Waals surface area contributed by atoms with Gasteiger partial charge in [0.25, 0.3) is 0 Å². The third-order valence-electron chi connectivity index (χ3n) is 2.83. The van der Waals surface area contributed by atoms with E-state index in [1.807, 2.05) is 31.5 Å². The molecule has 0 saturated heterocycles. The van der Waals surface area contributed by atoms with Gasteiger partial charge in [-0.25, -0.2) is 0 Å². The number of hydrogen-bond donors (Lipinski definition) is 1. The van der Waals surface area contributed by atoms with E-state index in [9.17, 15) is 0 Å². The van der Waals surface area contributed by atoms with E-state index in [2.05, 4.69) is 72.9 Å². The summed E-state index contributed by atoms with van der Waals surface area (Å²) in [7, 11) is 3.96. The molecule has 1 rings (SSSR count). The summed E-state index contributed by atoms with van der Waals surface area (Å²) in [6.45, 7) is 2.95. The maximum Gasteiger partial charge on any atom is 0.0353 e. The number of likely N-dealkylation sites (N-methyl/N-ethyl adjacent to an activating group) is 1. The summed E-state index contributed by atoms with van der Waals surface area (Å²) in [5.41, 5.74) is 2.48. The zero-order valence-corrected chi connectivity index (χ0v) is 12.6. The van der Waals surface area contributed by atoms with Crippen LogP contribution in [0, 0.1) is 0 Å². The number of allylic oxidation sites excluding steroid dienone is 5. The first-order valence-corrected chi connectivity index (χ1v) is 6.87. The van der Waals surface area contributed by atoms with Crippen LogP contribution in [0.4, 0.5) is 0 Å². The fraction of sp³-hybridized carbons (Fsp3) is 0.222. The van der Waals surface area contributed by atoms with Gasteiger partial charge in [0, 0.05) is 20.6 Å². The van der Waals surface area contributed by atoms with Crippen LogP contribution in [0.3, 0.4) is 0 Å². The Bertz CT molecular complexity index is 481. The van der Waals surface area contributed by atoms with Crippen molar-refractivity contribution in [2.45, 2.75) is 6.92 Å². The second-order valence-corrected chi connectivity index (χ2v) is 4.44. The van der Waals surface area contributed by atoms with Gasteiger partial charge in [-0.15, -0.1) is 0 Å². The zero-order chi connectivity index (χ0) is 14.6. The molecule has 0 fully saturated rings. The molecule has 20 heavy (non-hydrogen) atoms. The topological polar surface area (TPSA) is 15.3 Å². The van der Waals surface area contributed by atoms with E-state index < -0.39 is 0 Å². The zero-order valence-electron chi connectivity index (χ0n) is 12.6. The second kappa shape index (κ2) is 9.68. The van der Waals surface area contributed by atoms with Crippen molar-refractivity contribution in [3.8, 4) is 0 Å². The van der Waals surface area contributed by atoms with E-state index >= 15 is 0 Å². The monoisotopic (exact) mass is 268 g/mol. The molecule has 1 N–H and O–H groups in total. The van der Waals surface area contributed by atoms with E-state index in [4.69, 9.17) is 0 Å². The SMILES string of the molecule is C/C=C(\C=C/N(C)C/C=C\C=C/NC)c1ccccc1. The van der Waals surface area contributed by atoms with Gasteiger partial charge in [0.1, 0.15) is 0 Å². The Morgan fingerprint density at radius 2 is 1.95 bits per heavy atom. The molecule has 0 amide bonds. The van der Waals surface area contributed by atoms with Crippen molar-refractivity contribution in [2.75, 3.05) is 20.6 Å². The summed E-state index contributed by atoms with van der Waals surface area (Å²) in [6, 6.07) is 10.4. The Morgan fingerprint density at radius 3 is 2.60 bits per heavy atom. The molecule has 0 unspecified atom stereocenters. The van der Waals surface area contributed by atoms with Crippen molar-refractivity contribution < 1.29 is 0 Å². The van der Waals surface area contributed by atoms with Gasteiger partial charge in [-0.3, -0.25) is 0 Å². The Hall–Kier alpha value is -2.22. The maximum absolute atomic E-state index is 2.95. The van der Waals surface area contributed by atoms with Gasteiger partial charge < -0.3 is 10.2 Å². The number of benzene rings is 1. The molecule has 2 nitrogen and oxygen atoms in total. The molecule has 0 aromatic heterocycles. The lowest BCUT2D eigenvalue weighted by molar-refractivity contribution is 0.510. The third-order valence-corrected chi connectivity index (χ3v) is 2.83. The lowest BCUT2D eigenvalue weighted by Gasteiger charge is -2.11. The Balaban J connectivity index is 2.53. The van der Waals surface area contributed by atoms with Crippen LogP contribution >= 0.6 is 0 Å². The standard InChI is InChI=1S/C18H24N2/c1-4-17(18-11-7-5-8-12-18)13-16-20(3)15-10-6-9-14-19-2/h4-14,16,19H,15H2,1-3H3/b10-6-,14-9-,16-13-,17-4+. The van der Waals surface area contributed by atoms with Crippen molar-refractivity contribution in [3.05, 3.63) is 78.7 Å². The summed E-state index contributed by atoms with van der Waals surface area (Å²) in [5.74, 6) is 0. The van der Waals surface area contributed by atoms with E-state index in [0.717, 1.165) is 6.54 Å². The first-order valence-electron chi connectivity index (χ1n) is 6.87. The quantitative estimate of drug-likeness (QED) is 0.756. The molecule has 0 atom stereocenters. The lowest BCUT2D eigenvalue weighted by atomic mass is 10.1. The molecule has 0 spiro atoms. The molecule has 0 aliphatic carbocycles. The largest absolute Gasteiger partial charge is 0.394 e. The number of hydrogen-bond acceptors (Lipinski definition) is 2. The van der Waals surface area contributed by atoms with Crippen LogP contribution in [0.25, 0.3) is 5.57 Å². The fourth-order valence-corrected chi connectivity index (χ4v) is 1.72. The molecule has 2 heteroatoms. The summed E-state index contributed by atoms with van der Waals surface area (Å²) in [4.78, 5) is 2.15. The molecule has 1 aromatic carbocycles. The Kier molecular flexibility index (Phi) is 7.66. The molecule has 1 aromatic rings. The molecule has 0 aliphatic rings. The molecular weight excluding hydrogens is 244 g/mol.